The summed E-state index contributed by atoms with van der Waals surface area (Å²) in [6.07, 6.45) is 3.70. The summed E-state index contributed by atoms with van der Waals surface area (Å²) in [5, 5.41) is 10.8. The fourth-order valence-electron chi connectivity index (χ4n) is 3.71. The quantitative estimate of drug-likeness (QED) is 0.576. The highest BCUT2D eigenvalue weighted by Crippen LogP contribution is 2.20. The number of carbonyl (C=O) groups excluding carboxylic acids is 1. The van der Waals surface area contributed by atoms with Crippen LogP contribution in [0.4, 0.5) is 5.69 Å². The Hall–Kier alpha value is -3.19. The van der Waals surface area contributed by atoms with Crippen LogP contribution in [0.5, 0.6) is 0 Å². The maximum absolute atomic E-state index is 11.4. The molecule has 1 aliphatic rings. The van der Waals surface area contributed by atoms with Gasteiger partial charge in [-0.2, -0.15) is 5.10 Å². The molecular formula is C22H26N6O. The molecule has 2 aromatic heterocycles. The highest BCUT2D eigenvalue weighted by atomic mass is 16.1. The average Bonchev–Trinajstić information content (AvgIpc) is 3.23. The molecule has 1 fully saturated rings. The molecule has 1 amide bonds. The average molecular weight is 390 g/mol. The van der Waals surface area contributed by atoms with Crippen LogP contribution in [0.3, 0.4) is 0 Å². The first kappa shape index (κ1) is 19.1. The number of rotatable bonds is 7. The molecule has 1 atom stereocenters. The van der Waals surface area contributed by atoms with E-state index in [-0.39, 0.29) is 11.8 Å². The first-order valence-corrected chi connectivity index (χ1v) is 9.97. The molecule has 4 N–H and O–H groups in total. The fraction of sp³-hybridized carbons (Fsp3) is 0.318. The molecule has 0 aliphatic carbocycles. The molecule has 29 heavy (non-hydrogen) atoms. The maximum atomic E-state index is 11.4. The van der Waals surface area contributed by atoms with Crippen molar-refractivity contribution in [2.45, 2.75) is 25.9 Å². The standard InChI is InChI=1S/C22H26N6O/c23-22(29)17-4-3-11-28(15-17)14-16-6-8-18(9-7-16)25-13-19-12-21(27-26-19)20-5-1-2-10-24-20/h1-2,5-10,12,17,25H,3-4,11,13-15H2,(H2,23,29)(H,26,27). The Kier molecular flexibility index (Phi) is 5.86. The van der Waals surface area contributed by atoms with Crippen LogP contribution in [0.15, 0.2) is 54.7 Å². The van der Waals surface area contributed by atoms with Gasteiger partial charge in [-0.05, 0) is 55.3 Å². The number of amides is 1. The van der Waals surface area contributed by atoms with E-state index < -0.39 is 0 Å². The summed E-state index contributed by atoms with van der Waals surface area (Å²) in [5.41, 5.74) is 10.5. The van der Waals surface area contributed by atoms with E-state index in [9.17, 15) is 4.79 Å². The van der Waals surface area contributed by atoms with Gasteiger partial charge in [0.05, 0.1) is 23.9 Å². The molecule has 7 heteroatoms. The summed E-state index contributed by atoms with van der Waals surface area (Å²) in [6.45, 7) is 3.28. The van der Waals surface area contributed by atoms with Crippen LogP contribution in [-0.4, -0.2) is 39.1 Å². The van der Waals surface area contributed by atoms with E-state index in [0.717, 1.165) is 55.2 Å². The van der Waals surface area contributed by atoms with Gasteiger partial charge in [0.2, 0.25) is 5.91 Å². The lowest BCUT2D eigenvalue weighted by atomic mass is 9.97. The summed E-state index contributed by atoms with van der Waals surface area (Å²) in [7, 11) is 0. The number of nitrogens with two attached hydrogens (primary N) is 1. The van der Waals surface area contributed by atoms with Crippen LogP contribution in [0.2, 0.25) is 0 Å². The molecule has 1 aromatic carbocycles. The lowest BCUT2D eigenvalue weighted by Gasteiger charge is -2.31. The van der Waals surface area contributed by atoms with Crippen LogP contribution in [0.25, 0.3) is 11.4 Å². The van der Waals surface area contributed by atoms with Crippen LogP contribution in [0, 0.1) is 5.92 Å². The van der Waals surface area contributed by atoms with Crippen molar-refractivity contribution in [1.29, 1.82) is 0 Å². The second kappa shape index (κ2) is 8.87. The SMILES string of the molecule is NC(=O)C1CCCN(Cc2ccc(NCc3cc(-c4ccccn4)n[nH]3)cc2)C1. The van der Waals surface area contributed by atoms with Crippen molar-refractivity contribution in [2.75, 3.05) is 18.4 Å². The van der Waals surface area contributed by atoms with Gasteiger partial charge in [0.15, 0.2) is 0 Å². The smallest absolute Gasteiger partial charge is 0.221 e. The molecule has 0 bridgehead atoms. The number of carbonyl (C=O) groups is 1. The predicted octanol–water partition coefficient (Wildman–Crippen LogP) is 2.78. The molecule has 1 saturated heterocycles. The van der Waals surface area contributed by atoms with Crippen LogP contribution < -0.4 is 11.1 Å². The minimum atomic E-state index is -0.181. The number of anilines is 1. The van der Waals surface area contributed by atoms with Gasteiger partial charge in [-0.15, -0.1) is 0 Å². The highest BCUT2D eigenvalue weighted by Gasteiger charge is 2.23. The van der Waals surface area contributed by atoms with Gasteiger partial charge in [0, 0.05) is 25.0 Å². The Morgan fingerprint density at radius 2 is 2.07 bits per heavy atom. The van der Waals surface area contributed by atoms with E-state index in [2.05, 4.69) is 49.7 Å². The number of primary amides is 1. The predicted molar refractivity (Wildman–Crippen MR) is 113 cm³/mol. The summed E-state index contributed by atoms with van der Waals surface area (Å²) < 4.78 is 0. The van der Waals surface area contributed by atoms with Crippen molar-refractivity contribution in [1.82, 2.24) is 20.1 Å². The van der Waals surface area contributed by atoms with Gasteiger partial charge in [0.1, 0.15) is 5.69 Å². The normalized spacial score (nSPS) is 17.2. The van der Waals surface area contributed by atoms with Crippen molar-refractivity contribution in [3.8, 4) is 11.4 Å². The Balaban J connectivity index is 1.30. The lowest BCUT2D eigenvalue weighted by molar-refractivity contribution is -0.123. The van der Waals surface area contributed by atoms with Gasteiger partial charge in [-0.1, -0.05) is 18.2 Å². The molecule has 0 saturated carbocycles. The number of aromatic amines is 1. The molecule has 0 radical (unpaired) electrons. The number of aromatic nitrogens is 3. The summed E-state index contributed by atoms with van der Waals surface area (Å²) >= 11 is 0. The Labute approximate surface area is 170 Å². The third kappa shape index (κ3) is 5.00. The molecule has 0 spiro atoms. The number of nitrogens with zero attached hydrogens (tertiary/aromatic N) is 3. The van der Waals surface area contributed by atoms with E-state index in [1.165, 1.54) is 5.56 Å². The molecule has 1 aliphatic heterocycles. The molecular weight excluding hydrogens is 364 g/mol. The topological polar surface area (TPSA) is 99.9 Å². The van der Waals surface area contributed by atoms with Gasteiger partial charge >= 0.3 is 0 Å². The van der Waals surface area contributed by atoms with Gasteiger partial charge in [-0.25, -0.2) is 0 Å². The zero-order chi connectivity index (χ0) is 20.1. The number of H-pyrrole nitrogens is 1. The van der Waals surface area contributed by atoms with Crippen LogP contribution in [0.1, 0.15) is 24.1 Å². The molecule has 7 nitrogen and oxygen atoms in total. The van der Waals surface area contributed by atoms with E-state index in [4.69, 9.17) is 5.73 Å². The third-order valence-corrected chi connectivity index (χ3v) is 5.31. The van der Waals surface area contributed by atoms with E-state index in [1.54, 1.807) is 6.20 Å². The van der Waals surface area contributed by atoms with Crippen LogP contribution in [-0.2, 0) is 17.9 Å². The summed E-state index contributed by atoms with van der Waals surface area (Å²) in [6, 6.07) is 16.2. The minimum Gasteiger partial charge on any atom is -0.379 e. The number of benzene rings is 1. The van der Waals surface area contributed by atoms with Crippen LogP contribution >= 0.6 is 0 Å². The van der Waals surface area contributed by atoms with E-state index in [1.807, 2.05) is 24.3 Å². The number of hydrogen-bond acceptors (Lipinski definition) is 5. The van der Waals surface area contributed by atoms with Gasteiger partial charge in [-0.3, -0.25) is 19.8 Å². The molecule has 4 rings (SSSR count). The first-order chi connectivity index (χ1) is 14.2. The molecule has 3 heterocycles. The number of likely N-dealkylation sites (tertiary alicyclic amines) is 1. The minimum absolute atomic E-state index is 0.0185. The van der Waals surface area contributed by atoms with E-state index in [0.29, 0.717) is 6.54 Å². The van der Waals surface area contributed by atoms with Crippen molar-refractivity contribution in [3.05, 3.63) is 66.0 Å². The second-order valence-electron chi connectivity index (χ2n) is 7.52. The molecule has 150 valence electrons. The van der Waals surface area contributed by atoms with Gasteiger partial charge in [0.25, 0.3) is 0 Å². The Morgan fingerprint density at radius 1 is 1.21 bits per heavy atom. The van der Waals surface area contributed by atoms with Crippen molar-refractivity contribution < 1.29 is 4.79 Å². The first-order valence-electron chi connectivity index (χ1n) is 9.97. The monoisotopic (exact) mass is 390 g/mol. The van der Waals surface area contributed by atoms with Crippen molar-refractivity contribution in [2.24, 2.45) is 11.7 Å². The Morgan fingerprint density at radius 3 is 2.83 bits per heavy atom. The lowest BCUT2D eigenvalue weighted by Crippen LogP contribution is -2.40. The largest absolute Gasteiger partial charge is 0.379 e. The van der Waals surface area contributed by atoms with Gasteiger partial charge < -0.3 is 11.1 Å². The molecule has 1 unspecified atom stereocenters. The second-order valence-corrected chi connectivity index (χ2v) is 7.52. The number of pyridine rings is 1. The number of nitrogens with one attached hydrogen (secondary N) is 2. The Bertz CT molecular complexity index is 937. The van der Waals surface area contributed by atoms with Crippen molar-refractivity contribution >= 4 is 11.6 Å². The number of hydrogen-bond donors (Lipinski definition) is 3. The maximum Gasteiger partial charge on any atom is 0.221 e. The zero-order valence-electron chi connectivity index (χ0n) is 16.3. The fourth-order valence-corrected chi connectivity index (χ4v) is 3.71. The number of piperidine rings is 1. The third-order valence-electron chi connectivity index (χ3n) is 5.31. The zero-order valence-corrected chi connectivity index (χ0v) is 16.3. The van der Waals surface area contributed by atoms with E-state index >= 15 is 0 Å². The highest BCUT2D eigenvalue weighted by molar-refractivity contribution is 5.76. The molecule has 3 aromatic rings. The summed E-state index contributed by atoms with van der Waals surface area (Å²) in [5.74, 6) is -0.200. The summed E-state index contributed by atoms with van der Waals surface area (Å²) in [4.78, 5) is 18.1. The van der Waals surface area contributed by atoms with Crippen molar-refractivity contribution in [3.63, 3.8) is 0 Å².